The summed E-state index contributed by atoms with van der Waals surface area (Å²) in [6.07, 6.45) is 1.49. The van der Waals surface area contributed by atoms with E-state index in [-0.39, 0.29) is 23.4 Å². The van der Waals surface area contributed by atoms with Gasteiger partial charge in [-0.25, -0.2) is 13.6 Å². The molecule has 1 aliphatic heterocycles. The van der Waals surface area contributed by atoms with Crippen LogP contribution in [0.2, 0.25) is 10.0 Å². The quantitative estimate of drug-likeness (QED) is 0.663. The highest BCUT2D eigenvalue weighted by Crippen LogP contribution is 2.31. The molecule has 0 bridgehead atoms. The van der Waals surface area contributed by atoms with Crippen LogP contribution in [0.1, 0.15) is 37.4 Å². The maximum atomic E-state index is 13.1. The fraction of sp³-hybridized carbons (Fsp3) is 0.381. The molecule has 1 aliphatic rings. The Hall–Kier alpha value is -1.64. The van der Waals surface area contributed by atoms with Gasteiger partial charge in [0.2, 0.25) is 15.9 Å². The van der Waals surface area contributed by atoms with Gasteiger partial charge < -0.3 is 4.90 Å². The third-order valence-electron chi connectivity index (χ3n) is 5.40. The molecule has 0 spiro atoms. The van der Waals surface area contributed by atoms with Crippen LogP contribution in [0.3, 0.4) is 0 Å². The largest absolute Gasteiger partial charge is 0.311 e. The van der Waals surface area contributed by atoms with Crippen LogP contribution in [0.5, 0.6) is 0 Å². The van der Waals surface area contributed by atoms with Gasteiger partial charge in [0.05, 0.1) is 21.5 Å². The average Bonchev–Trinajstić information content (AvgIpc) is 3.12. The van der Waals surface area contributed by atoms with E-state index < -0.39 is 10.0 Å². The number of fused-ring (bicyclic) bond motifs is 1. The van der Waals surface area contributed by atoms with Crippen molar-refractivity contribution in [3.05, 3.63) is 57.6 Å². The lowest BCUT2D eigenvalue weighted by Crippen LogP contribution is -2.41. The number of hydrogen-bond acceptors (Lipinski definition) is 4. The van der Waals surface area contributed by atoms with E-state index in [2.05, 4.69) is 11.8 Å². The Morgan fingerprint density at radius 1 is 1.20 bits per heavy atom. The maximum absolute atomic E-state index is 13.1. The Morgan fingerprint density at radius 3 is 2.57 bits per heavy atom. The molecular formula is C21H25Cl2N3O3S. The third kappa shape index (κ3) is 4.98. The molecule has 30 heavy (non-hydrogen) atoms. The Bertz CT molecular complexity index is 1060. The summed E-state index contributed by atoms with van der Waals surface area (Å²) >= 11 is 12.2. The second kappa shape index (κ2) is 9.24. The van der Waals surface area contributed by atoms with Crippen LogP contribution in [-0.2, 0) is 21.2 Å². The third-order valence-corrected chi connectivity index (χ3v) is 7.05. The number of sulfonamides is 1. The first-order valence-electron chi connectivity index (χ1n) is 9.77. The summed E-state index contributed by atoms with van der Waals surface area (Å²) in [5.41, 5.74) is 2.55. The lowest BCUT2D eigenvalue weighted by molar-refractivity contribution is -0.120. The van der Waals surface area contributed by atoms with E-state index in [9.17, 15) is 13.2 Å². The maximum Gasteiger partial charge on any atom is 0.241 e. The highest BCUT2D eigenvalue weighted by atomic mass is 35.5. The SMILES string of the molecule is CCCN(CC(=O)N1CCc2cc(S(N)(=O)=O)ccc21)[C@H](C)c1ccc(Cl)c(Cl)c1. The minimum Gasteiger partial charge on any atom is -0.311 e. The summed E-state index contributed by atoms with van der Waals surface area (Å²) in [5.74, 6) is -0.0301. The smallest absolute Gasteiger partial charge is 0.241 e. The lowest BCUT2D eigenvalue weighted by atomic mass is 10.1. The number of nitrogens with zero attached hydrogens (tertiary/aromatic N) is 2. The number of halogens is 2. The molecule has 0 saturated heterocycles. The summed E-state index contributed by atoms with van der Waals surface area (Å²) in [4.78, 5) is 17.0. The highest BCUT2D eigenvalue weighted by molar-refractivity contribution is 7.89. The van der Waals surface area contributed by atoms with E-state index in [0.717, 1.165) is 29.8 Å². The predicted molar refractivity (Wildman–Crippen MR) is 121 cm³/mol. The van der Waals surface area contributed by atoms with Gasteiger partial charge in [0.1, 0.15) is 0 Å². The van der Waals surface area contributed by atoms with Crippen molar-refractivity contribution in [2.45, 2.75) is 37.6 Å². The van der Waals surface area contributed by atoms with E-state index >= 15 is 0 Å². The van der Waals surface area contributed by atoms with Gasteiger partial charge in [-0.2, -0.15) is 0 Å². The van der Waals surface area contributed by atoms with Crippen molar-refractivity contribution in [1.29, 1.82) is 0 Å². The van der Waals surface area contributed by atoms with Crippen LogP contribution in [-0.4, -0.2) is 38.9 Å². The average molecular weight is 470 g/mol. The molecular weight excluding hydrogens is 445 g/mol. The number of primary sulfonamides is 1. The Labute approximate surface area is 187 Å². The molecule has 0 aliphatic carbocycles. The van der Waals surface area contributed by atoms with Crippen molar-refractivity contribution < 1.29 is 13.2 Å². The number of amides is 1. The molecule has 2 N–H and O–H groups in total. The molecule has 0 radical (unpaired) electrons. The Kier molecular flexibility index (Phi) is 7.09. The van der Waals surface area contributed by atoms with Gasteiger partial charge in [-0.1, -0.05) is 36.2 Å². The zero-order chi connectivity index (χ0) is 22.1. The fourth-order valence-electron chi connectivity index (χ4n) is 3.75. The zero-order valence-corrected chi connectivity index (χ0v) is 19.3. The van der Waals surface area contributed by atoms with E-state index in [1.165, 1.54) is 6.07 Å². The van der Waals surface area contributed by atoms with Crippen molar-refractivity contribution in [2.24, 2.45) is 5.14 Å². The fourth-order valence-corrected chi connectivity index (χ4v) is 4.62. The predicted octanol–water partition coefficient (Wildman–Crippen LogP) is 4.00. The summed E-state index contributed by atoms with van der Waals surface area (Å²) in [7, 11) is -3.77. The summed E-state index contributed by atoms with van der Waals surface area (Å²) in [6, 6.07) is 10.2. The highest BCUT2D eigenvalue weighted by Gasteiger charge is 2.28. The van der Waals surface area contributed by atoms with Gasteiger partial charge in [0.25, 0.3) is 0 Å². The number of carbonyl (C=O) groups is 1. The van der Waals surface area contributed by atoms with Crippen LogP contribution in [0, 0.1) is 0 Å². The minimum absolute atomic E-state index is 0.0181. The van der Waals surface area contributed by atoms with E-state index in [1.807, 2.05) is 19.1 Å². The number of benzene rings is 2. The van der Waals surface area contributed by atoms with Crippen molar-refractivity contribution in [1.82, 2.24) is 4.90 Å². The molecule has 9 heteroatoms. The van der Waals surface area contributed by atoms with E-state index in [1.54, 1.807) is 23.1 Å². The van der Waals surface area contributed by atoms with Crippen LogP contribution in [0.15, 0.2) is 41.3 Å². The topological polar surface area (TPSA) is 83.7 Å². The minimum atomic E-state index is -3.77. The van der Waals surface area contributed by atoms with Gasteiger partial charge in [0.15, 0.2) is 0 Å². The van der Waals surface area contributed by atoms with E-state index in [0.29, 0.717) is 23.0 Å². The van der Waals surface area contributed by atoms with Crippen LogP contribution in [0.4, 0.5) is 5.69 Å². The number of anilines is 1. The molecule has 0 unspecified atom stereocenters. The number of rotatable bonds is 7. The molecule has 6 nitrogen and oxygen atoms in total. The van der Waals surface area contributed by atoms with Gasteiger partial charge in [0, 0.05) is 18.3 Å². The lowest BCUT2D eigenvalue weighted by Gasteiger charge is -2.30. The first-order chi connectivity index (χ1) is 14.1. The van der Waals surface area contributed by atoms with E-state index in [4.69, 9.17) is 28.3 Å². The van der Waals surface area contributed by atoms with Gasteiger partial charge >= 0.3 is 0 Å². The molecule has 1 atom stereocenters. The summed E-state index contributed by atoms with van der Waals surface area (Å²) in [5, 5.41) is 6.21. The van der Waals surface area contributed by atoms with Crippen molar-refractivity contribution in [3.63, 3.8) is 0 Å². The number of carbonyl (C=O) groups excluding carboxylic acids is 1. The molecule has 2 aromatic rings. The van der Waals surface area contributed by atoms with Gasteiger partial charge in [-0.05, 0) is 67.8 Å². The molecule has 1 heterocycles. The standard InChI is InChI=1S/C21H25Cl2N3O3S/c1-3-9-25(14(2)15-4-6-18(22)19(23)12-15)13-21(27)26-10-8-16-11-17(30(24,28)29)5-7-20(16)26/h4-7,11-12,14H,3,8-10,13H2,1-2H3,(H2,24,28,29)/t14-/m1/s1. The Morgan fingerprint density at radius 2 is 1.93 bits per heavy atom. The summed E-state index contributed by atoms with van der Waals surface area (Å²) < 4.78 is 23.2. The molecule has 3 rings (SSSR count). The number of nitrogens with two attached hydrogens (primary N) is 1. The number of hydrogen-bond donors (Lipinski definition) is 1. The zero-order valence-electron chi connectivity index (χ0n) is 16.9. The van der Waals surface area contributed by atoms with Crippen LogP contribution >= 0.6 is 23.2 Å². The Balaban J connectivity index is 1.79. The first kappa shape index (κ1) is 23.0. The molecule has 2 aromatic carbocycles. The van der Waals surface area contributed by atoms with Crippen molar-refractivity contribution in [2.75, 3.05) is 24.5 Å². The van der Waals surface area contributed by atoms with Gasteiger partial charge in [-0.15, -0.1) is 0 Å². The molecule has 1 amide bonds. The molecule has 162 valence electrons. The van der Waals surface area contributed by atoms with Crippen LogP contribution < -0.4 is 10.0 Å². The second-order valence-electron chi connectivity index (χ2n) is 7.45. The van der Waals surface area contributed by atoms with Crippen molar-refractivity contribution in [3.8, 4) is 0 Å². The van der Waals surface area contributed by atoms with Gasteiger partial charge in [-0.3, -0.25) is 9.69 Å². The second-order valence-corrected chi connectivity index (χ2v) is 9.83. The molecule has 0 aromatic heterocycles. The summed E-state index contributed by atoms with van der Waals surface area (Å²) in [6.45, 7) is 5.62. The monoisotopic (exact) mass is 469 g/mol. The molecule has 0 saturated carbocycles. The first-order valence-corrected chi connectivity index (χ1v) is 12.1. The normalized spacial score (nSPS) is 14.8. The molecule has 0 fully saturated rings. The van der Waals surface area contributed by atoms with Crippen LogP contribution in [0.25, 0.3) is 0 Å². The van der Waals surface area contributed by atoms with Crippen molar-refractivity contribution >= 4 is 44.8 Å².